The second-order valence-electron chi connectivity index (χ2n) is 9.82. The molecule has 2 heterocycles. The molecule has 3 fully saturated rings. The molecule has 2 aliphatic heterocycles. The number of nitrogens with zero attached hydrogens (tertiary/aromatic N) is 2. The predicted molar refractivity (Wildman–Crippen MR) is 118 cm³/mol. The Morgan fingerprint density at radius 1 is 0.966 bits per heavy atom. The maximum atomic E-state index is 10.1. The number of ether oxygens (including phenoxy) is 1. The van der Waals surface area contributed by atoms with E-state index in [0.717, 1.165) is 42.8 Å². The van der Waals surface area contributed by atoms with Gasteiger partial charge in [-0.1, -0.05) is 25.0 Å². The number of rotatable bonds is 7. The fourth-order valence-corrected chi connectivity index (χ4v) is 5.81. The van der Waals surface area contributed by atoms with Gasteiger partial charge in [0.25, 0.3) is 0 Å². The van der Waals surface area contributed by atoms with Gasteiger partial charge in [0.1, 0.15) is 5.75 Å². The van der Waals surface area contributed by atoms with Crippen LogP contribution in [0.3, 0.4) is 0 Å². The highest BCUT2D eigenvalue weighted by Crippen LogP contribution is 2.29. The Morgan fingerprint density at radius 2 is 1.66 bits per heavy atom. The average Bonchev–Trinajstić information content (AvgIpc) is 3.41. The maximum Gasteiger partial charge on any atom is 0.121 e. The van der Waals surface area contributed by atoms with Gasteiger partial charge in [-0.25, -0.2) is 0 Å². The van der Waals surface area contributed by atoms with E-state index in [9.17, 15) is 5.11 Å². The van der Waals surface area contributed by atoms with Gasteiger partial charge in [-0.2, -0.15) is 0 Å². The van der Waals surface area contributed by atoms with Gasteiger partial charge in [0.15, 0.2) is 0 Å². The normalized spacial score (nSPS) is 24.7. The Hall–Kier alpha value is -1.10. The van der Waals surface area contributed by atoms with Crippen LogP contribution in [0.25, 0.3) is 0 Å². The summed E-state index contributed by atoms with van der Waals surface area (Å²) >= 11 is 0. The smallest absolute Gasteiger partial charge is 0.121 e. The fourth-order valence-electron chi connectivity index (χ4n) is 5.81. The highest BCUT2D eigenvalue weighted by Gasteiger charge is 2.29. The Morgan fingerprint density at radius 3 is 2.28 bits per heavy atom. The van der Waals surface area contributed by atoms with E-state index in [4.69, 9.17) is 4.74 Å². The van der Waals surface area contributed by atoms with Crippen molar-refractivity contribution in [3.05, 3.63) is 28.8 Å². The van der Waals surface area contributed by atoms with Crippen LogP contribution < -0.4 is 0 Å². The highest BCUT2D eigenvalue weighted by atomic mass is 16.5. The van der Waals surface area contributed by atoms with Crippen molar-refractivity contribution in [1.82, 2.24) is 9.80 Å². The molecule has 1 atom stereocenters. The summed E-state index contributed by atoms with van der Waals surface area (Å²) in [5, 5.41) is 10.1. The molecular formula is C25H40N2O2. The molecule has 1 aromatic rings. The first kappa shape index (κ1) is 21.1. The molecule has 1 N–H and O–H groups in total. The topological polar surface area (TPSA) is 35.9 Å². The van der Waals surface area contributed by atoms with Crippen molar-refractivity contribution in [3.63, 3.8) is 0 Å². The van der Waals surface area contributed by atoms with Crippen molar-refractivity contribution < 1.29 is 9.84 Å². The van der Waals surface area contributed by atoms with Crippen molar-refractivity contribution >= 4 is 0 Å². The van der Waals surface area contributed by atoms with Crippen molar-refractivity contribution in [2.45, 2.75) is 83.9 Å². The minimum Gasteiger partial charge on any atom is -0.507 e. The van der Waals surface area contributed by atoms with E-state index in [1.807, 2.05) is 13.8 Å². The number of aryl methyl sites for hydroxylation is 2. The molecule has 162 valence electrons. The zero-order valence-corrected chi connectivity index (χ0v) is 18.5. The maximum absolute atomic E-state index is 10.1. The summed E-state index contributed by atoms with van der Waals surface area (Å²) in [5.74, 6) is 1.24. The first-order valence-electron chi connectivity index (χ1n) is 12.0. The summed E-state index contributed by atoms with van der Waals surface area (Å²) in [7, 11) is 0. The summed E-state index contributed by atoms with van der Waals surface area (Å²) in [5.41, 5.74) is 3.29. The van der Waals surface area contributed by atoms with Gasteiger partial charge in [-0.3, -0.25) is 4.90 Å². The predicted octanol–water partition coefficient (Wildman–Crippen LogP) is 4.64. The van der Waals surface area contributed by atoms with Crippen LogP contribution >= 0.6 is 0 Å². The van der Waals surface area contributed by atoms with E-state index >= 15 is 0 Å². The van der Waals surface area contributed by atoms with Crippen LogP contribution in [-0.4, -0.2) is 59.8 Å². The molecule has 2 saturated heterocycles. The number of hydrogen-bond acceptors (Lipinski definition) is 4. The van der Waals surface area contributed by atoms with E-state index < -0.39 is 0 Å². The summed E-state index contributed by atoms with van der Waals surface area (Å²) in [6.07, 6.45) is 11.2. The van der Waals surface area contributed by atoms with Crippen molar-refractivity contribution in [2.24, 2.45) is 5.92 Å². The van der Waals surface area contributed by atoms with Crippen LogP contribution in [0.15, 0.2) is 12.1 Å². The van der Waals surface area contributed by atoms with E-state index in [2.05, 4.69) is 21.9 Å². The van der Waals surface area contributed by atoms with Crippen LogP contribution in [0.2, 0.25) is 0 Å². The Kier molecular flexibility index (Phi) is 7.15. The number of likely N-dealkylation sites (tertiary alicyclic amines) is 1. The minimum atomic E-state index is 0.396. The quantitative estimate of drug-likeness (QED) is 0.723. The molecule has 0 spiro atoms. The lowest BCUT2D eigenvalue weighted by molar-refractivity contribution is 0.0540. The number of benzene rings is 1. The molecule has 1 aliphatic carbocycles. The number of hydrogen-bond donors (Lipinski definition) is 1. The van der Waals surface area contributed by atoms with E-state index in [-0.39, 0.29) is 0 Å². The lowest BCUT2D eigenvalue weighted by Gasteiger charge is -2.38. The van der Waals surface area contributed by atoms with E-state index in [0.29, 0.717) is 11.9 Å². The second-order valence-corrected chi connectivity index (χ2v) is 9.82. The van der Waals surface area contributed by atoms with Gasteiger partial charge in [0, 0.05) is 32.3 Å². The van der Waals surface area contributed by atoms with Gasteiger partial charge in [0.05, 0.1) is 6.10 Å². The van der Waals surface area contributed by atoms with Crippen molar-refractivity contribution in [1.29, 1.82) is 0 Å². The third-order valence-corrected chi connectivity index (χ3v) is 7.45. The summed E-state index contributed by atoms with van der Waals surface area (Å²) in [6, 6.07) is 5.20. The van der Waals surface area contributed by atoms with Crippen LogP contribution in [0.4, 0.5) is 0 Å². The largest absolute Gasteiger partial charge is 0.507 e. The lowest BCUT2D eigenvalue weighted by Crippen LogP contribution is -2.43. The monoisotopic (exact) mass is 400 g/mol. The van der Waals surface area contributed by atoms with Crippen LogP contribution in [-0.2, 0) is 11.3 Å². The third-order valence-electron chi connectivity index (χ3n) is 7.45. The zero-order valence-electron chi connectivity index (χ0n) is 18.5. The summed E-state index contributed by atoms with van der Waals surface area (Å²) in [6.45, 7) is 10.7. The highest BCUT2D eigenvalue weighted by molar-refractivity contribution is 5.42. The van der Waals surface area contributed by atoms with Crippen molar-refractivity contribution in [2.75, 3.05) is 32.8 Å². The summed E-state index contributed by atoms with van der Waals surface area (Å²) in [4.78, 5) is 5.41. The first-order chi connectivity index (χ1) is 14.1. The molecule has 0 radical (unpaired) electrons. The first-order valence-corrected chi connectivity index (χ1v) is 12.0. The Balaban J connectivity index is 1.36. The van der Waals surface area contributed by atoms with Crippen molar-refractivity contribution in [3.8, 4) is 5.75 Å². The molecule has 29 heavy (non-hydrogen) atoms. The third kappa shape index (κ3) is 5.53. The molecule has 1 aromatic carbocycles. The van der Waals surface area contributed by atoms with Gasteiger partial charge in [0.2, 0.25) is 0 Å². The van der Waals surface area contributed by atoms with Crippen LogP contribution in [0, 0.1) is 19.8 Å². The molecule has 1 unspecified atom stereocenters. The Bertz CT molecular complexity index is 634. The molecule has 3 aliphatic rings. The average molecular weight is 401 g/mol. The van der Waals surface area contributed by atoms with Gasteiger partial charge < -0.3 is 14.7 Å². The lowest BCUT2D eigenvalue weighted by atomic mass is 9.94. The number of phenolic OH excluding ortho intramolecular Hbond substituents is 1. The number of phenols is 1. The zero-order chi connectivity index (χ0) is 20.2. The molecule has 0 bridgehead atoms. The van der Waals surface area contributed by atoms with Gasteiger partial charge in [-0.15, -0.1) is 0 Å². The molecular weight excluding hydrogens is 360 g/mol. The van der Waals surface area contributed by atoms with E-state index in [1.54, 1.807) is 0 Å². The standard InChI is InChI=1S/C25H40N2O2/c1-19-14-22(15-20(2)25(19)28)17-26(18-24-8-5-13-29-24)16-21-9-11-27(12-10-21)23-6-3-4-7-23/h14-15,21,23-24,28H,3-13,16-18H2,1-2H3. The van der Waals surface area contributed by atoms with Crippen LogP contribution in [0.1, 0.15) is 68.1 Å². The Labute approximate surface area is 177 Å². The summed E-state index contributed by atoms with van der Waals surface area (Å²) < 4.78 is 5.97. The van der Waals surface area contributed by atoms with E-state index in [1.165, 1.54) is 76.6 Å². The second kappa shape index (κ2) is 9.80. The fraction of sp³-hybridized carbons (Fsp3) is 0.760. The van der Waals surface area contributed by atoms with Crippen LogP contribution in [0.5, 0.6) is 5.75 Å². The minimum absolute atomic E-state index is 0.396. The molecule has 4 nitrogen and oxygen atoms in total. The molecule has 0 aromatic heterocycles. The van der Waals surface area contributed by atoms with Gasteiger partial charge >= 0.3 is 0 Å². The number of piperidine rings is 1. The van der Waals surface area contributed by atoms with Gasteiger partial charge in [-0.05, 0) is 88.1 Å². The SMILES string of the molecule is Cc1cc(CN(CC2CCN(C3CCCC3)CC2)CC2CCCO2)cc(C)c1O. The molecule has 0 amide bonds. The molecule has 4 rings (SSSR count). The molecule has 1 saturated carbocycles. The number of aromatic hydroxyl groups is 1. The molecule has 4 heteroatoms.